The number of amides is 2. The third-order valence-electron chi connectivity index (χ3n) is 6.13. The highest BCUT2D eigenvalue weighted by molar-refractivity contribution is 9.10. The van der Waals surface area contributed by atoms with E-state index in [1.54, 1.807) is 18.2 Å². The van der Waals surface area contributed by atoms with Crippen LogP contribution in [0.2, 0.25) is 0 Å². The van der Waals surface area contributed by atoms with Crippen LogP contribution in [0.15, 0.2) is 82.4 Å². The molecule has 2 aromatic carbocycles. The molecule has 0 unspecified atom stereocenters. The van der Waals surface area contributed by atoms with Crippen LogP contribution >= 0.6 is 15.9 Å². The number of benzene rings is 2. The standard InChI is InChI=1S/C29H31BrN2O4/c1-3-9-20-17-26(34)27(25(20)4-2)32-29(36)22(14-19-10-6-5-7-11-19)16-24(33)18-31-28(35)21-12-8-13-23(30)15-21/h2-3,5-13,15,22,24,26-27,33-34H,14,16-18H2,1H3,(H,31,35)(H,32,36)/b9-3-/t22-,24+,26-,27+/m1/s1. The molecule has 2 aromatic rings. The van der Waals surface area contributed by atoms with Gasteiger partial charge in [0.25, 0.3) is 5.91 Å². The van der Waals surface area contributed by atoms with Crippen molar-refractivity contribution < 1.29 is 19.8 Å². The first-order valence-electron chi connectivity index (χ1n) is 11.9. The first-order valence-corrected chi connectivity index (χ1v) is 12.7. The van der Waals surface area contributed by atoms with Crippen molar-refractivity contribution in [3.63, 3.8) is 0 Å². The summed E-state index contributed by atoms with van der Waals surface area (Å²) in [6, 6.07) is 15.8. The predicted molar refractivity (Wildman–Crippen MR) is 144 cm³/mol. The van der Waals surface area contributed by atoms with Gasteiger partial charge in [-0.05, 0) is 49.1 Å². The second-order valence-electron chi connectivity index (χ2n) is 8.84. The Kier molecular flexibility index (Phi) is 10.1. The van der Waals surface area contributed by atoms with Gasteiger partial charge in [-0.15, -0.1) is 6.42 Å². The van der Waals surface area contributed by atoms with Gasteiger partial charge in [0.1, 0.15) is 0 Å². The van der Waals surface area contributed by atoms with Crippen molar-refractivity contribution in [1.82, 2.24) is 10.6 Å². The van der Waals surface area contributed by atoms with Gasteiger partial charge in [-0.25, -0.2) is 0 Å². The molecule has 0 spiro atoms. The molecular formula is C29H31BrN2O4. The molecule has 1 aliphatic rings. The molecule has 3 rings (SSSR count). The molecule has 36 heavy (non-hydrogen) atoms. The highest BCUT2D eigenvalue weighted by atomic mass is 79.9. The number of rotatable bonds is 10. The van der Waals surface area contributed by atoms with E-state index in [0.29, 0.717) is 24.0 Å². The van der Waals surface area contributed by atoms with E-state index in [1.165, 1.54) is 0 Å². The van der Waals surface area contributed by atoms with Gasteiger partial charge in [-0.2, -0.15) is 0 Å². The number of hydrogen-bond donors (Lipinski definition) is 4. The smallest absolute Gasteiger partial charge is 0.251 e. The molecule has 1 aliphatic carbocycles. The van der Waals surface area contributed by atoms with Crippen molar-refractivity contribution in [3.05, 3.63) is 93.5 Å². The van der Waals surface area contributed by atoms with Crippen LogP contribution in [-0.4, -0.2) is 46.8 Å². The van der Waals surface area contributed by atoms with E-state index in [2.05, 4.69) is 32.5 Å². The number of halogens is 1. The fraction of sp³-hybridized carbons (Fsp3) is 0.310. The van der Waals surface area contributed by atoms with E-state index < -0.39 is 24.2 Å². The average molecular weight is 551 g/mol. The molecule has 0 aliphatic heterocycles. The molecule has 4 N–H and O–H groups in total. The van der Waals surface area contributed by atoms with Gasteiger partial charge < -0.3 is 20.8 Å². The molecule has 0 heterocycles. The summed E-state index contributed by atoms with van der Waals surface area (Å²) in [5.74, 6) is 1.40. The van der Waals surface area contributed by atoms with Gasteiger partial charge in [-0.3, -0.25) is 9.59 Å². The number of aliphatic hydroxyl groups excluding tert-OH is 2. The monoisotopic (exact) mass is 550 g/mol. The zero-order valence-electron chi connectivity index (χ0n) is 20.2. The van der Waals surface area contributed by atoms with Crippen molar-refractivity contribution in [2.24, 2.45) is 5.92 Å². The molecule has 0 saturated carbocycles. The van der Waals surface area contributed by atoms with Gasteiger partial charge >= 0.3 is 0 Å². The summed E-state index contributed by atoms with van der Waals surface area (Å²) in [6.07, 6.45) is 8.51. The minimum atomic E-state index is -0.949. The number of terminal acetylenes is 1. The summed E-state index contributed by atoms with van der Waals surface area (Å²) < 4.78 is 0.780. The number of allylic oxidation sites excluding steroid dienone is 2. The lowest BCUT2D eigenvalue weighted by Gasteiger charge is -2.24. The lowest BCUT2D eigenvalue weighted by atomic mass is 9.92. The second kappa shape index (κ2) is 13.2. The summed E-state index contributed by atoms with van der Waals surface area (Å²) in [5.41, 5.74) is 2.80. The molecule has 0 saturated heterocycles. The minimum Gasteiger partial charge on any atom is -0.391 e. The SMILES string of the molecule is C#CC1=C(/C=C\C)C[C@@H](O)[C@H]1NC(=O)[C@H](Cc1ccccc1)C[C@H](O)CNC(=O)c1cccc(Br)c1. The minimum absolute atomic E-state index is 0.00305. The van der Waals surface area contributed by atoms with Gasteiger partial charge in [0.2, 0.25) is 5.91 Å². The maximum atomic E-state index is 13.4. The van der Waals surface area contributed by atoms with Crippen LogP contribution in [0.4, 0.5) is 0 Å². The maximum Gasteiger partial charge on any atom is 0.251 e. The molecule has 0 fully saturated rings. The number of carbonyl (C=O) groups excluding carboxylic acids is 2. The Balaban J connectivity index is 1.70. The van der Waals surface area contributed by atoms with E-state index in [1.807, 2.05) is 55.5 Å². The van der Waals surface area contributed by atoms with E-state index in [9.17, 15) is 19.8 Å². The molecule has 4 atom stereocenters. The van der Waals surface area contributed by atoms with E-state index in [4.69, 9.17) is 6.42 Å². The number of aliphatic hydroxyl groups is 2. The van der Waals surface area contributed by atoms with E-state index in [0.717, 1.165) is 15.6 Å². The predicted octanol–water partition coefficient (Wildman–Crippen LogP) is 3.54. The van der Waals surface area contributed by atoms with Gasteiger partial charge in [0, 0.05) is 34.5 Å². The summed E-state index contributed by atoms with van der Waals surface area (Å²) in [5, 5.41) is 26.9. The van der Waals surface area contributed by atoms with Crippen LogP contribution in [0.1, 0.15) is 35.7 Å². The molecule has 0 radical (unpaired) electrons. The Labute approximate surface area is 220 Å². The zero-order chi connectivity index (χ0) is 26.1. The van der Waals surface area contributed by atoms with Gasteiger partial charge in [-0.1, -0.05) is 70.4 Å². The van der Waals surface area contributed by atoms with Crippen LogP contribution in [-0.2, 0) is 11.2 Å². The summed E-state index contributed by atoms with van der Waals surface area (Å²) in [4.78, 5) is 25.8. The van der Waals surface area contributed by atoms with Gasteiger partial charge in [0.15, 0.2) is 0 Å². The third-order valence-corrected chi connectivity index (χ3v) is 6.62. The van der Waals surface area contributed by atoms with Crippen molar-refractivity contribution in [2.45, 2.75) is 44.4 Å². The molecule has 188 valence electrons. The average Bonchev–Trinajstić information content (AvgIpc) is 3.16. The largest absolute Gasteiger partial charge is 0.391 e. The highest BCUT2D eigenvalue weighted by Crippen LogP contribution is 2.28. The number of carbonyl (C=O) groups is 2. The summed E-state index contributed by atoms with van der Waals surface area (Å²) >= 11 is 3.34. The van der Waals surface area contributed by atoms with Crippen LogP contribution < -0.4 is 10.6 Å². The number of hydrogen-bond acceptors (Lipinski definition) is 4. The first-order chi connectivity index (χ1) is 17.3. The van der Waals surface area contributed by atoms with Crippen LogP contribution in [0.25, 0.3) is 0 Å². The Morgan fingerprint density at radius 2 is 1.97 bits per heavy atom. The van der Waals surface area contributed by atoms with Crippen LogP contribution in [0, 0.1) is 18.3 Å². The second-order valence-corrected chi connectivity index (χ2v) is 9.75. The summed E-state index contributed by atoms with van der Waals surface area (Å²) in [6.45, 7) is 1.86. The van der Waals surface area contributed by atoms with Crippen LogP contribution in [0.5, 0.6) is 0 Å². The van der Waals surface area contributed by atoms with Crippen molar-refractivity contribution in [1.29, 1.82) is 0 Å². The van der Waals surface area contributed by atoms with E-state index in [-0.39, 0.29) is 24.8 Å². The van der Waals surface area contributed by atoms with Crippen molar-refractivity contribution >= 4 is 27.7 Å². The third kappa shape index (κ3) is 7.41. The van der Waals surface area contributed by atoms with Gasteiger partial charge in [0.05, 0.1) is 18.2 Å². The Morgan fingerprint density at radius 3 is 2.64 bits per heavy atom. The van der Waals surface area contributed by atoms with Crippen molar-refractivity contribution in [2.75, 3.05) is 6.54 Å². The normalized spacial score (nSPS) is 19.1. The fourth-order valence-electron chi connectivity index (χ4n) is 4.36. The molecule has 2 amide bonds. The topological polar surface area (TPSA) is 98.7 Å². The lowest BCUT2D eigenvalue weighted by Crippen LogP contribution is -2.46. The van der Waals surface area contributed by atoms with Crippen LogP contribution in [0.3, 0.4) is 0 Å². The molecule has 6 nitrogen and oxygen atoms in total. The maximum absolute atomic E-state index is 13.4. The van der Waals surface area contributed by atoms with E-state index >= 15 is 0 Å². The lowest BCUT2D eigenvalue weighted by molar-refractivity contribution is -0.127. The Morgan fingerprint density at radius 1 is 1.22 bits per heavy atom. The first kappa shape index (κ1) is 27.4. The zero-order valence-corrected chi connectivity index (χ0v) is 21.7. The fourth-order valence-corrected chi connectivity index (χ4v) is 4.76. The summed E-state index contributed by atoms with van der Waals surface area (Å²) in [7, 11) is 0. The highest BCUT2D eigenvalue weighted by Gasteiger charge is 2.35. The van der Waals surface area contributed by atoms with Crippen molar-refractivity contribution in [3.8, 4) is 12.3 Å². The molecular weight excluding hydrogens is 520 g/mol. The molecule has 0 aromatic heterocycles. The number of nitrogens with one attached hydrogen (secondary N) is 2. The molecule has 7 heteroatoms. The Bertz CT molecular complexity index is 1170. The molecule has 0 bridgehead atoms. The Hall–Kier alpha value is -3.18. The quantitative estimate of drug-likeness (QED) is 0.340.